The number of rotatable bonds is 1. The van der Waals surface area contributed by atoms with Gasteiger partial charge in [0.25, 0.3) is 0 Å². The fourth-order valence-electron chi connectivity index (χ4n) is 2.09. The van der Waals surface area contributed by atoms with Gasteiger partial charge in [-0.2, -0.15) is 0 Å². The van der Waals surface area contributed by atoms with E-state index in [1.165, 1.54) is 22.3 Å². The van der Waals surface area contributed by atoms with Gasteiger partial charge in [0.15, 0.2) is 0 Å². The van der Waals surface area contributed by atoms with Gasteiger partial charge in [-0.05, 0) is 22.3 Å². The Kier molecular flexibility index (Phi) is 2.19. The van der Waals surface area contributed by atoms with Crippen LogP contribution < -0.4 is 0 Å². The van der Waals surface area contributed by atoms with E-state index in [0.717, 1.165) is 0 Å². The number of hydrogen-bond acceptors (Lipinski definition) is 0. The Morgan fingerprint density at radius 3 is 1.50 bits per heavy atom. The zero-order chi connectivity index (χ0) is 10.8. The minimum atomic E-state index is 1.27. The zero-order valence-electron chi connectivity index (χ0n) is 8.93. The van der Waals surface area contributed by atoms with E-state index in [1.807, 2.05) is 0 Å². The Morgan fingerprint density at radius 1 is 0.375 bits per heavy atom. The van der Waals surface area contributed by atoms with Crippen LogP contribution in [0.2, 0.25) is 0 Å². The molecule has 1 aromatic rings. The minimum Gasteiger partial charge on any atom is -0.0622 e. The van der Waals surface area contributed by atoms with Crippen molar-refractivity contribution < 1.29 is 0 Å². The molecule has 0 amide bonds. The molecule has 0 nitrogen and oxygen atoms in total. The Balaban J connectivity index is 2.27. The minimum absolute atomic E-state index is 1.27. The molecule has 0 heteroatoms. The molecule has 0 bridgehead atoms. The van der Waals surface area contributed by atoms with Crippen molar-refractivity contribution in [3.63, 3.8) is 0 Å². The summed E-state index contributed by atoms with van der Waals surface area (Å²) in [5, 5.41) is 0. The van der Waals surface area contributed by atoms with Crippen LogP contribution >= 0.6 is 0 Å². The van der Waals surface area contributed by atoms with Gasteiger partial charge in [-0.15, -0.1) is 0 Å². The van der Waals surface area contributed by atoms with Crippen LogP contribution in [0.5, 0.6) is 0 Å². The summed E-state index contributed by atoms with van der Waals surface area (Å²) in [5.74, 6) is 0. The van der Waals surface area contributed by atoms with Crippen molar-refractivity contribution in [1.82, 2.24) is 0 Å². The highest BCUT2D eigenvalue weighted by Gasteiger charge is 2.06. The number of hydrogen-bond donors (Lipinski definition) is 0. The molecule has 0 spiro atoms. The summed E-state index contributed by atoms with van der Waals surface area (Å²) >= 11 is 0. The van der Waals surface area contributed by atoms with Crippen LogP contribution in [0.25, 0.3) is 22.3 Å². The molecular weight excluding hydrogens is 192 g/mol. The molecule has 0 N–H and O–H groups in total. The van der Waals surface area contributed by atoms with E-state index in [-0.39, 0.29) is 0 Å². The van der Waals surface area contributed by atoms with E-state index < -0.39 is 0 Å². The van der Waals surface area contributed by atoms with Crippen LogP contribution in [0, 0.1) is 0 Å². The van der Waals surface area contributed by atoms with Gasteiger partial charge in [0.1, 0.15) is 0 Å². The Morgan fingerprint density at radius 2 is 0.812 bits per heavy atom. The molecule has 0 aliphatic heterocycles. The second-order valence-electron chi connectivity index (χ2n) is 3.89. The third-order valence-corrected chi connectivity index (χ3v) is 2.87. The summed E-state index contributed by atoms with van der Waals surface area (Å²) in [6.45, 7) is 0. The third kappa shape index (κ3) is 1.49. The highest BCUT2D eigenvalue weighted by molar-refractivity contribution is 5.84. The van der Waals surface area contributed by atoms with Crippen molar-refractivity contribution in [2.75, 3.05) is 0 Å². The average Bonchev–Trinajstić information content (AvgIpc) is 2.70. The van der Waals surface area contributed by atoms with Gasteiger partial charge in [-0.1, -0.05) is 72.8 Å². The molecule has 0 atom stereocenters. The summed E-state index contributed by atoms with van der Waals surface area (Å²) in [6.07, 6.45) is 0. The molecule has 2 aliphatic carbocycles. The molecule has 2 aliphatic rings. The first kappa shape index (κ1) is 9.17. The van der Waals surface area contributed by atoms with Gasteiger partial charge in [0.2, 0.25) is 0 Å². The van der Waals surface area contributed by atoms with Gasteiger partial charge in [0.05, 0.1) is 0 Å². The van der Waals surface area contributed by atoms with Crippen molar-refractivity contribution >= 4 is 0 Å². The lowest BCUT2D eigenvalue weighted by Crippen LogP contribution is -1.77. The smallest absolute Gasteiger partial charge is 0.0105 e. The lowest BCUT2D eigenvalue weighted by atomic mass is 10.0. The molecule has 3 rings (SSSR count). The normalized spacial score (nSPS) is 10.5. The van der Waals surface area contributed by atoms with Crippen molar-refractivity contribution in [3.8, 4) is 22.3 Å². The molecule has 0 radical (unpaired) electrons. The summed E-state index contributed by atoms with van der Waals surface area (Å²) < 4.78 is 0. The number of fused-ring (bicyclic) bond motifs is 1. The predicted octanol–water partition coefficient (Wildman–Crippen LogP) is 4.46. The molecule has 0 aromatic heterocycles. The molecule has 0 saturated heterocycles. The van der Waals surface area contributed by atoms with Crippen LogP contribution in [0.4, 0.5) is 0 Å². The topological polar surface area (TPSA) is 0 Å². The molecule has 16 heavy (non-hydrogen) atoms. The molecule has 0 heterocycles. The molecule has 76 valence electrons. The first-order chi connectivity index (χ1) is 7.95. The van der Waals surface area contributed by atoms with Crippen LogP contribution in [-0.4, -0.2) is 0 Å². The number of benzene rings is 1. The first-order valence-corrected chi connectivity index (χ1v) is 5.48. The maximum Gasteiger partial charge on any atom is -0.0105 e. The van der Waals surface area contributed by atoms with Crippen molar-refractivity contribution in [2.45, 2.75) is 0 Å². The van der Waals surface area contributed by atoms with Crippen molar-refractivity contribution in [1.29, 1.82) is 0 Å². The van der Waals surface area contributed by atoms with Crippen molar-refractivity contribution in [3.05, 3.63) is 72.8 Å². The van der Waals surface area contributed by atoms with Crippen LogP contribution in [0.1, 0.15) is 0 Å². The van der Waals surface area contributed by atoms with Gasteiger partial charge in [-0.25, -0.2) is 0 Å². The third-order valence-electron chi connectivity index (χ3n) is 2.87. The molecular formula is C16H12. The van der Waals surface area contributed by atoms with Gasteiger partial charge >= 0.3 is 0 Å². The lowest BCUT2D eigenvalue weighted by Gasteiger charge is -2.03. The molecule has 0 saturated carbocycles. The largest absolute Gasteiger partial charge is 0.0622 e. The Labute approximate surface area is 95.5 Å². The average molecular weight is 204 g/mol. The lowest BCUT2D eigenvalue weighted by molar-refractivity contribution is 1.66. The maximum absolute atomic E-state index is 2.18. The van der Waals surface area contributed by atoms with Crippen LogP contribution in [-0.2, 0) is 0 Å². The SMILES string of the molecule is c1ccc(-c2ccccc3cccc2-3)cc1. The maximum atomic E-state index is 2.18. The molecule has 1 aromatic carbocycles. The summed E-state index contributed by atoms with van der Waals surface area (Å²) in [7, 11) is 0. The van der Waals surface area contributed by atoms with E-state index in [0.29, 0.717) is 0 Å². The highest BCUT2D eigenvalue weighted by Crippen LogP contribution is 2.32. The Hall–Kier alpha value is -2.08. The quantitative estimate of drug-likeness (QED) is 0.549. The fourth-order valence-corrected chi connectivity index (χ4v) is 2.09. The zero-order valence-corrected chi connectivity index (χ0v) is 8.93. The first-order valence-electron chi connectivity index (χ1n) is 5.48. The second kappa shape index (κ2) is 3.82. The summed E-state index contributed by atoms with van der Waals surface area (Å²) in [5.41, 5.74) is 5.18. The molecule has 0 fully saturated rings. The molecule has 0 unspecified atom stereocenters. The van der Waals surface area contributed by atoms with Crippen LogP contribution in [0.15, 0.2) is 72.8 Å². The highest BCUT2D eigenvalue weighted by atomic mass is 14.1. The van der Waals surface area contributed by atoms with E-state index in [1.54, 1.807) is 0 Å². The van der Waals surface area contributed by atoms with Gasteiger partial charge in [0, 0.05) is 0 Å². The second-order valence-corrected chi connectivity index (χ2v) is 3.89. The fraction of sp³-hybridized carbons (Fsp3) is 0. The van der Waals surface area contributed by atoms with Gasteiger partial charge in [-0.3, -0.25) is 0 Å². The monoisotopic (exact) mass is 204 g/mol. The van der Waals surface area contributed by atoms with Crippen molar-refractivity contribution in [2.24, 2.45) is 0 Å². The Bertz CT molecular complexity index is 567. The van der Waals surface area contributed by atoms with E-state index in [2.05, 4.69) is 72.8 Å². The predicted molar refractivity (Wildman–Crippen MR) is 68.5 cm³/mol. The standard InChI is InChI=1S/C16H12/c1-2-7-13(8-3-1)15-11-5-4-9-14-10-6-12-16(14)15/h1-12H. The summed E-state index contributed by atoms with van der Waals surface area (Å²) in [6, 6.07) is 25.5. The van der Waals surface area contributed by atoms with Gasteiger partial charge < -0.3 is 0 Å². The van der Waals surface area contributed by atoms with E-state index in [9.17, 15) is 0 Å². The summed E-state index contributed by atoms with van der Waals surface area (Å²) in [4.78, 5) is 0. The van der Waals surface area contributed by atoms with Crippen LogP contribution in [0.3, 0.4) is 0 Å². The van der Waals surface area contributed by atoms with E-state index in [4.69, 9.17) is 0 Å². The van der Waals surface area contributed by atoms with E-state index >= 15 is 0 Å².